The van der Waals surface area contributed by atoms with E-state index in [2.05, 4.69) is 14.8 Å². The molecular formula is C32H16F6N6O3. The number of furan rings is 1. The van der Waals surface area contributed by atoms with E-state index in [0.717, 1.165) is 24.3 Å². The lowest BCUT2D eigenvalue weighted by molar-refractivity contribution is -0.138. The van der Waals surface area contributed by atoms with E-state index in [4.69, 9.17) is 19.8 Å². The molecule has 0 aliphatic heterocycles. The number of nitrogens with zero attached hydrogens (tertiary/aromatic N) is 6. The summed E-state index contributed by atoms with van der Waals surface area (Å²) in [6.45, 7) is 10.1. The van der Waals surface area contributed by atoms with Crippen molar-refractivity contribution in [2.24, 2.45) is 0 Å². The van der Waals surface area contributed by atoms with Crippen LogP contribution in [0.1, 0.15) is 46.0 Å². The van der Waals surface area contributed by atoms with E-state index in [1.54, 1.807) is 18.2 Å². The molecule has 9 nitrogen and oxygen atoms in total. The molecule has 0 radical (unpaired) electrons. The first-order valence-corrected chi connectivity index (χ1v) is 13.2. The van der Waals surface area contributed by atoms with Crippen LogP contribution >= 0.6 is 0 Å². The molecule has 0 fully saturated rings. The predicted molar refractivity (Wildman–Crippen MR) is 149 cm³/mol. The second-order valence-electron chi connectivity index (χ2n) is 10.1. The molecule has 0 saturated carbocycles. The second-order valence-corrected chi connectivity index (χ2v) is 10.1. The monoisotopic (exact) mass is 646 g/mol. The lowest BCUT2D eigenvalue weighted by Gasteiger charge is -2.10. The average Bonchev–Trinajstić information content (AvgIpc) is 3.76. The zero-order valence-electron chi connectivity index (χ0n) is 23.9. The standard InChI is InChI=1S/C32H16F6N6O3/c1-15-6-17(10-20(8-15)31(33,34)35)25-27(46-29(43-25)19(12-39)13-40)23-4-5-24(45-23)28-26(44-30(47-28)22(14-41)42-3)18-7-16(2)9-21(11-18)32(36,37)38/h4-11,19,22H,1-2H3. The SMILES string of the molecule is [C-]#[N+]C(C#N)c1nc(-c2cc(C)cc(C(F)(F)F)c2)c(-c2ccc(-c3oc(C(C#N)C#N)nc3-c3cc(C)cc(C(F)(F)F)c3)o2)o1. The van der Waals surface area contributed by atoms with Crippen LogP contribution < -0.4 is 0 Å². The summed E-state index contributed by atoms with van der Waals surface area (Å²) < 4.78 is 99.3. The van der Waals surface area contributed by atoms with Gasteiger partial charge in [-0.3, -0.25) is 4.85 Å². The highest BCUT2D eigenvalue weighted by Gasteiger charge is 2.35. The minimum absolute atomic E-state index is 0.0742. The van der Waals surface area contributed by atoms with Crippen LogP contribution in [0.3, 0.4) is 0 Å². The molecular weight excluding hydrogens is 630 g/mol. The number of hydrogen-bond donors (Lipinski definition) is 0. The minimum atomic E-state index is -4.72. The van der Waals surface area contributed by atoms with Gasteiger partial charge >= 0.3 is 18.4 Å². The fourth-order valence-electron chi connectivity index (χ4n) is 4.67. The van der Waals surface area contributed by atoms with Crippen molar-refractivity contribution in [3.8, 4) is 63.8 Å². The Morgan fingerprint density at radius 1 is 0.681 bits per heavy atom. The van der Waals surface area contributed by atoms with Gasteiger partial charge in [0, 0.05) is 11.1 Å². The van der Waals surface area contributed by atoms with Gasteiger partial charge in [0.1, 0.15) is 11.4 Å². The Balaban J connectivity index is 1.71. The number of halogens is 6. The Labute approximate surface area is 261 Å². The summed E-state index contributed by atoms with van der Waals surface area (Å²) in [6.07, 6.45) is -9.44. The number of alkyl halides is 6. The van der Waals surface area contributed by atoms with Gasteiger partial charge in [-0.2, -0.15) is 42.1 Å². The number of oxazole rings is 2. The summed E-state index contributed by atoms with van der Waals surface area (Å²) in [7, 11) is 0. The van der Waals surface area contributed by atoms with E-state index in [1.165, 1.54) is 38.1 Å². The topological polar surface area (TPSA) is 141 Å². The van der Waals surface area contributed by atoms with Crippen molar-refractivity contribution >= 4 is 0 Å². The average molecular weight is 647 g/mol. The molecule has 47 heavy (non-hydrogen) atoms. The van der Waals surface area contributed by atoms with E-state index < -0.39 is 47.2 Å². The molecule has 0 amide bonds. The Morgan fingerprint density at radius 2 is 1.13 bits per heavy atom. The molecule has 0 spiro atoms. The zero-order valence-corrected chi connectivity index (χ0v) is 23.9. The molecule has 0 bridgehead atoms. The number of aromatic nitrogens is 2. The zero-order chi connectivity index (χ0) is 34.3. The number of benzene rings is 2. The Morgan fingerprint density at radius 3 is 1.53 bits per heavy atom. The quantitative estimate of drug-likeness (QED) is 0.131. The van der Waals surface area contributed by atoms with Gasteiger partial charge in [0.25, 0.3) is 5.89 Å². The molecule has 5 rings (SSSR count). The van der Waals surface area contributed by atoms with E-state index in [-0.39, 0.29) is 56.7 Å². The molecule has 3 aromatic heterocycles. The maximum Gasteiger partial charge on any atom is 0.416 e. The van der Waals surface area contributed by atoms with Gasteiger partial charge in [-0.1, -0.05) is 0 Å². The van der Waals surface area contributed by atoms with Crippen molar-refractivity contribution in [3.63, 3.8) is 0 Å². The van der Waals surface area contributed by atoms with E-state index in [9.17, 15) is 42.1 Å². The lowest BCUT2D eigenvalue weighted by atomic mass is 10.0. The van der Waals surface area contributed by atoms with Gasteiger partial charge in [0.05, 0.1) is 23.3 Å². The van der Waals surface area contributed by atoms with Gasteiger partial charge in [0.2, 0.25) is 11.8 Å². The van der Waals surface area contributed by atoms with Gasteiger partial charge in [0.15, 0.2) is 29.1 Å². The van der Waals surface area contributed by atoms with Crippen LogP contribution in [0.15, 0.2) is 61.8 Å². The Bertz CT molecular complexity index is 2000. The highest BCUT2D eigenvalue weighted by molar-refractivity contribution is 5.79. The molecule has 5 aromatic rings. The fourth-order valence-corrected chi connectivity index (χ4v) is 4.67. The van der Waals surface area contributed by atoms with Crippen molar-refractivity contribution in [2.45, 2.75) is 38.2 Å². The van der Waals surface area contributed by atoms with E-state index in [1.807, 2.05) is 0 Å². The molecule has 1 unspecified atom stereocenters. The van der Waals surface area contributed by atoms with Crippen LogP contribution in [0.2, 0.25) is 0 Å². The van der Waals surface area contributed by atoms with Crippen LogP contribution in [0.25, 0.3) is 50.4 Å². The predicted octanol–water partition coefficient (Wildman–Crippen LogP) is 9.19. The molecule has 0 aliphatic rings. The Kier molecular flexibility index (Phi) is 8.11. The summed E-state index contributed by atoms with van der Waals surface area (Å²) in [6, 6.07) is 12.3. The first-order valence-electron chi connectivity index (χ1n) is 13.2. The molecule has 15 heteroatoms. The first kappa shape index (κ1) is 32.1. The molecule has 1 atom stereocenters. The number of nitriles is 3. The number of rotatable bonds is 6. The molecule has 3 heterocycles. The van der Waals surface area contributed by atoms with Crippen LogP contribution in [0.5, 0.6) is 0 Å². The van der Waals surface area contributed by atoms with E-state index in [0.29, 0.717) is 0 Å². The summed E-state index contributed by atoms with van der Waals surface area (Å²) in [5.74, 6) is -3.27. The van der Waals surface area contributed by atoms with Crippen molar-refractivity contribution < 1.29 is 39.6 Å². The van der Waals surface area contributed by atoms with Crippen molar-refractivity contribution in [3.05, 3.63) is 94.0 Å². The molecule has 2 aromatic carbocycles. The van der Waals surface area contributed by atoms with Gasteiger partial charge in [-0.05, 0) is 73.5 Å². The minimum Gasteiger partial charge on any atom is -0.449 e. The first-order chi connectivity index (χ1) is 22.2. The van der Waals surface area contributed by atoms with E-state index >= 15 is 0 Å². The van der Waals surface area contributed by atoms with Gasteiger partial charge < -0.3 is 13.3 Å². The second kappa shape index (κ2) is 11.9. The molecule has 0 saturated heterocycles. The summed E-state index contributed by atoms with van der Waals surface area (Å²) in [5, 5.41) is 28.2. The summed E-state index contributed by atoms with van der Waals surface area (Å²) >= 11 is 0. The lowest BCUT2D eigenvalue weighted by Crippen LogP contribution is -2.05. The summed E-state index contributed by atoms with van der Waals surface area (Å²) in [5.41, 5.74) is -2.11. The van der Waals surface area contributed by atoms with Crippen molar-refractivity contribution in [2.75, 3.05) is 0 Å². The third-order valence-electron chi connectivity index (χ3n) is 6.69. The van der Waals surface area contributed by atoms with Crippen molar-refractivity contribution in [1.82, 2.24) is 9.97 Å². The third-order valence-corrected chi connectivity index (χ3v) is 6.69. The Hall–Kier alpha value is -6.32. The normalized spacial score (nSPS) is 12.3. The smallest absolute Gasteiger partial charge is 0.416 e. The molecule has 0 N–H and O–H groups in total. The summed E-state index contributed by atoms with van der Waals surface area (Å²) in [4.78, 5) is 11.4. The highest BCUT2D eigenvalue weighted by atomic mass is 19.4. The fraction of sp³-hybridized carbons (Fsp3) is 0.188. The van der Waals surface area contributed by atoms with Crippen LogP contribution in [0.4, 0.5) is 26.3 Å². The van der Waals surface area contributed by atoms with Crippen LogP contribution in [-0.4, -0.2) is 9.97 Å². The molecule has 234 valence electrons. The van der Waals surface area contributed by atoms with Gasteiger partial charge in [-0.25, -0.2) is 16.5 Å². The number of hydrogen-bond acceptors (Lipinski definition) is 8. The molecule has 0 aliphatic carbocycles. The van der Waals surface area contributed by atoms with Crippen LogP contribution in [0, 0.1) is 54.4 Å². The largest absolute Gasteiger partial charge is 0.449 e. The maximum absolute atomic E-state index is 13.7. The van der Waals surface area contributed by atoms with Crippen LogP contribution in [-0.2, 0) is 12.4 Å². The maximum atomic E-state index is 13.7. The van der Waals surface area contributed by atoms with Gasteiger partial charge in [-0.15, -0.1) is 0 Å². The highest BCUT2D eigenvalue weighted by Crippen LogP contribution is 2.43. The van der Waals surface area contributed by atoms with Crippen molar-refractivity contribution in [1.29, 1.82) is 15.8 Å². The number of aryl methyl sites for hydroxylation is 2. The third kappa shape index (κ3) is 6.28.